The van der Waals surface area contributed by atoms with Gasteiger partial charge in [0.25, 0.3) is 5.91 Å². The standard InChI is InChI=1S/C35H42N6O7S.C35H33N5O4.C30H33N5O3.3O2S/c1-20-10-9-11-21(2)31(20)48-34(43)30-26(36-6)18-41-33(30)38-32(39-41)22-12-14-27(46-7)24(16-22)37-25-17-23(35(3,4)5)13-15-28(25)47-19-29(42)40-49(8,44)45;1-20-15-16-25(18-28(20)37-27-12-8-6-10-24(27)17-23-9-5-7-11-26(23)34(41)42)32-38-33-30(29(36-4)19-40(33)39-32)35(43)44-31-21(2)13-14-22(31)3;1-17-13-19(3)27(20(4)14-17)38-30(36)26-24(31-5)16-35-29(26)33-28(34-35)22-15-21(11-12-25(22)37-6)32-23-10-8-7-9-18(23)2;3*1-3-2/h12-18,20-21,31,37H,9-11,19H2,1-5,7-8H3,(H,38,39)(H,40,42);5-12,15-16,18-19,21-22,31,37H,13-14,17H2,1-3H3,(H,38,39)(H,41,42);7-12,15-17,19-20,27,32H,13-14H2,1-4,6H3,(H,33,34);;;. The van der Waals surface area contributed by atoms with Crippen molar-refractivity contribution in [2.75, 3.05) is 43.0 Å². The second-order valence-corrected chi connectivity index (χ2v) is 38.1. The Morgan fingerprint density at radius 3 is 1.41 bits per heavy atom. The lowest BCUT2D eigenvalue weighted by Crippen LogP contribution is -2.37. The third-order valence-corrected chi connectivity index (χ3v) is 25.4. The molecule has 0 radical (unpaired) electrons. The summed E-state index contributed by atoms with van der Waals surface area (Å²) in [5.74, 6) is 1.70. The number of aryl methyl sites for hydroxylation is 2. The average Bonchev–Trinajstić information content (AvgIpc) is 1.60. The number of aromatic carboxylic acids is 1. The van der Waals surface area contributed by atoms with Crippen molar-refractivity contribution in [3.05, 3.63) is 249 Å². The first-order valence-electron chi connectivity index (χ1n) is 44.7. The van der Waals surface area contributed by atoms with E-state index in [2.05, 4.69) is 115 Å². The van der Waals surface area contributed by atoms with Crippen LogP contribution in [0.5, 0.6) is 17.2 Å². The van der Waals surface area contributed by atoms with E-state index in [0.29, 0.717) is 75.3 Å². The second-order valence-electron chi connectivity index (χ2n) is 36.0. The number of amides is 1. The number of esters is 3. The van der Waals surface area contributed by atoms with E-state index in [9.17, 15) is 37.5 Å². The molecule has 6 unspecified atom stereocenters. The number of carboxylic acids is 1. The van der Waals surface area contributed by atoms with Gasteiger partial charge in [-0.1, -0.05) is 148 Å². The maximum Gasteiger partial charge on any atom is 0.335 e. The summed E-state index contributed by atoms with van der Waals surface area (Å²) < 4.78 is 114. The van der Waals surface area contributed by atoms with Gasteiger partial charge >= 0.3 is 58.6 Å². The second kappa shape index (κ2) is 47.3. The third kappa shape index (κ3) is 25.6. The molecule has 13 aromatic rings. The molecule has 0 spiro atoms. The van der Waals surface area contributed by atoms with Crippen LogP contribution in [-0.4, -0.2) is 158 Å². The van der Waals surface area contributed by atoms with Crippen molar-refractivity contribution in [1.29, 1.82) is 0 Å². The van der Waals surface area contributed by atoms with Crippen LogP contribution in [0, 0.1) is 75.0 Å². The van der Waals surface area contributed by atoms with E-state index in [1.165, 1.54) is 13.3 Å². The Kier molecular flexibility index (Phi) is 35.5. The van der Waals surface area contributed by atoms with E-state index in [4.69, 9.17) is 88.3 Å². The smallest absolute Gasteiger partial charge is 0.335 e. The van der Waals surface area contributed by atoms with E-state index in [-0.39, 0.29) is 104 Å². The number of anilines is 6. The fourth-order valence-corrected chi connectivity index (χ4v) is 18.4. The highest BCUT2D eigenvalue weighted by Gasteiger charge is 2.39. The van der Waals surface area contributed by atoms with Gasteiger partial charge in [0.05, 0.1) is 62.7 Å². The number of para-hydroxylation sites is 2. The molecule has 40 heteroatoms. The van der Waals surface area contributed by atoms with Gasteiger partial charge in [-0.2, -0.15) is 25.3 Å². The number of benzene rings is 7. The van der Waals surface area contributed by atoms with Crippen LogP contribution < -0.4 is 34.9 Å². The predicted octanol–water partition coefficient (Wildman–Crippen LogP) is 19.3. The Bertz CT molecular complexity index is 7070. The summed E-state index contributed by atoms with van der Waals surface area (Å²) in [6, 6.07) is 45.5. The first kappa shape index (κ1) is 105. The van der Waals surface area contributed by atoms with E-state index < -0.39 is 81.1 Å². The number of ether oxygens (including phenoxy) is 6. The van der Waals surface area contributed by atoms with Crippen molar-refractivity contribution in [3.63, 3.8) is 0 Å². The summed E-state index contributed by atoms with van der Waals surface area (Å²) in [5.41, 5.74) is 13.7. The number of nitrogens with zero attached hydrogens (tertiary/aromatic N) is 9. The van der Waals surface area contributed by atoms with Gasteiger partial charge in [-0.15, -0.1) is 0 Å². The van der Waals surface area contributed by atoms with Crippen LogP contribution in [0.25, 0.3) is 65.6 Å². The fourth-order valence-electron chi connectivity index (χ4n) is 18.0. The quantitative estimate of drug-likeness (QED) is 0.0158. The molecule has 3 saturated carbocycles. The number of fused-ring (bicyclic) bond motifs is 3. The summed E-state index contributed by atoms with van der Waals surface area (Å²) in [5, 5.41) is 29.6. The summed E-state index contributed by atoms with van der Waals surface area (Å²) in [6.45, 7) is 47.5. The normalized spacial score (nSPS) is 17.9. The van der Waals surface area contributed by atoms with Crippen molar-refractivity contribution in [1.82, 2.24) is 48.5 Å². The lowest BCUT2D eigenvalue weighted by molar-refractivity contribution is -0.121. The molecule has 6 heterocycles. The molecular formula is C100H108N16O20S4. The number of hydrogen-bond acceptors (Lipinski definition) is 25. The number of nitrogens with one attached hydrogen (secondary N) is 7. The first-order chi connectivity index (χ1) is 66.8. The van der Waals surface area contributed by atoms with Crippen LogP contribution in [0.4, 0.5) is 51.2 Å². The molecule has 0 aliphatic heterocycles. The van der Waals surface area contributed by atoms with Gasteiger partial charge in [-0.25, -0.2) is 57.1 Å². The number of carboxylic acid groups (broad SMARTS) is 1. The average molecular weight is 1980 g/mol. The Morgan fingerprint density at radius 1 is 0.493 bits per heavy atom. The molecule has 6 atom stereocenters. The topological polar surface area (TPSA) is 458 Å². The highest BCUT2D eigenvalue weighted by atomic mass is 32.2. The number of aromatic amines is 3. The van der Waals surface area contributed by atoms with Gasteiger partial charge in [0.1, 0.15) is 52.3 Å². The molecule has 8 N–H and O–H groups in total. The van der Waals surface area contributed by atoms with Gasteiger partial charge < -0.3 is 49.5 Å². The highest BCUT2D eigenvalue weighted by Crippen LogP contribution is 2.44. The van der Waals surface area contributed by atoms with Crippen molar-refractivity contribution < 1.29 is 91.2 Å². The number of aromatic nitrogens is 9. The zero-order chi connectivity index (χ0) is 102. The number of hydrogen-bond donors (Lipinski definition) is 8. The Labute approximate surface area is 819 Å². The molecule has 1 amide bonds. The molecule has 3 aliphatic rings. The minimum absolute atomic E-state index is 0.120. The third-order valence-electron chi connectivity index (χ3n) is 24.8. The number of sulfonamides is 1. The summed E-state index contributed by atoms with van der Waals surface area (Å²) >= 11 is -2.25. The number of carbonyl (C=O) groups is 5. The molecule has 0 saturated heterocycles. The highest BCUT2D eigenvalue weighted by molar-refractivity contribution is 7.89. The molecule has 16 rings (SSSR count). The summed E-state index contributed by atoms with van der Waals surface area (Å²) in [7, 11) is -0.601. The van der Waals surface area contributed by atoms with Crippen molar-refractivity contribution in [3.8, 4) is 51.4 Å². The molecule has 3 fully saturated rings. The number of H-pyrrole nitrogens is 3. The maximum absolute atomic E-state index is 13.5. The first-order valence-corrected chi connectivity index (χ1v) is 48.6. The molecule has 36 nitrogen and oxygen atoms in total. The van der Waals surface area contributed by atoms with Crippen molar-refractivity contribution in [2.45, 2.75) is 158 Å². The van der Waals surface area contributed by atoms with Crippen LogP contribution in [0.1, 0.15) is 183 Å². The predicted molar refractivity (Wildman–Crippen MR) is 530 cm³/mol. The van der Waals surface area contributed by atoms with E-state index in [1.54, 1.807) is 69.4 Å². The molecule has 6 aromatic heterocycles. The van der Waals surface area contributed by atoms with E-state index in [0.717, 1.165) is 113 Å². The SMILES string of the molecule is O=S=O.O=S=O.O=S=O.[C-]#[N+]c1cn2[nH]c(-c3cc(Nc4ccccc4C)ccc3OC)nc2c1C(=O)OC1C(C)CC(C)CC1C.[C-]#[N+]c1cn2[nH]c(-c3ccc(C)c(Nc4ccccc4Cc4ccccc4C(=O)O)c3)nc2c1C(=O)OC1C(C)CCC1C.[C-]#[N+]c1cn2[nH]c(-c3ccc(OC)c(Nc4cc(C(C)(C)C)ccc4OCC(=O)NS(C)(=O)=O)c3)nc2c1C(=O)OC1C(C)CCCC1C. The van der Waals surface area contributed by atoms with Gasteiger partial charge in [0.15, 0.2) is 41.0 Å². The van der Waals surface area contributed by atoms with Crippen molar-refractivity contribution >= 4 is 143 Å². The van der Waals surface area contributed by atoms with Crippen LogP contribution >= 0.6 is 0 Å². The largest absolute Gasteiger partial charge is 0.496 e. The van der Waals surface area contributed by atoms with Crippen LogP contribution in [0.15, 0.2) is 164 Å². The summed E-state index contributed by atoms with van der Waals surface area (Å²) in [4.78, 5) is 89.2. The molecule has 3 aliphatic carbocycles. The van der Waals surface area contributed by atoms with Gasteiger partial charge in [0.2, 0.25) is 27.1 Å². The Balaban J connectivity index is 0.000000194. The van der Waals surface area contributed by atoms with Crippen LogP contribution in [0.2, 0.25) is 0 Å². The van der Waals surface area contributed by atoms with E-state index >= 15 is 0 Å². The monoisotopic (exact) mass is 1980 g/mol. The molecule has 0 bridgehead atoms. The van der Waals surface area contributed by atoms with E-state index in [1.807, 2.05) is 128 Å². The zero-order valence-corrected chi connectivity index (χ0v) is 82.9. The summed E-state index contributed by atoms with van der Waals surface area (Å²) in [6.07, 6.45) is 12.6. The Morgan fingerprint density at radius 2 is 0.914 bits per heavy atom. The molecule has 732 valence electrons. The molecule has 140 heavy (non-hydrogen) atoms. The number of rotatable bonds is 24. The van der Waals surface area contributed by atoms with Gasteiger partial charge in [-0.3, -0.25) is 38.4 Å². The number of methoxy groups -OCH3 is 2. The van der Waals surface area contributed by atoms with Gasteiger partial charge in [-0.05, 0) is 200 Å². The zero-order valence-electron chi connectivity index (χ0n) is 79.6. The van der Waals surface area contributed by atoms with Crippen LogP contribution in [-0.2, 0) is 75.6 Å². The molecular weight excluding hydrogens is 1870 g/mol. The lowest BCUT2D eigenvalue weighted by atomic mass is 9.75. The number of carbonyl (C=O) groups excluding carboxylic acids is 4. The lowest BCUT2D eigenvalue weighted by Gasteiger charge is -2.37. The Hall–Kier alpha value is -15.2. The van der Waals surface area contributed by atoms with Gasteiger partial charge in [0, 0.05) is 58.9 Å². The fraction of sp³-hybridized carbons (Fsp3) is 0.350. The van der Waals surface area contributed by atoms with Crippen molar-refractivity contribution in [2.24, 2.45) is 41.4 Å². The van der Waals surface area contributed by atoms with Crippen LogP contribution in [0.3, 0.4) is 0 Å². The maximum atomic E-state index is 13.5. The minimum Gasteiger partial charge on any atom is -0.496 e. The minimum atomic E-state index is -3.74. The molecule has 7 aromatic carbocycles.